The van der Waals surface area contributed by atoms with Gasteiger partial charge >= 0.3 is 5.69 Å². The molecule has 2 aromatic rings. The van der Waals surface area contributed by atoms with Gasteiger partial charge in [-0.2, -0.15) is 0 Å². The SMILES string of the molecule is CC1CCn2c(=O)n(CC3COC(C)(C)O3)c3cccc1c32. The van der Waals surface area contributed by atoms with Crippen molar-refractivity contribution in [2.24, 2.45) is 0 Å². The summed E-state index contributed by atoms with van der Waals surface area (Å²) in [6.07, 6.45) is 0.945. The van der Waals surface area contributed by atoms with Crippen molar-refractivity contribution in [3.8, 4) is 0 Å². The Morgan fingerprint density at radius 1 is 1.36 bits per heavy atom. The van der Waals surface area contributed by atoms with Gasteiger partial charge in [0, 0.05) is 6.54 Å². The third kappa shape index (κ3) is 2.03. The average Bonchev–Trinajstić information content (AvgIpc) is 2.95. The van der Waals surface area contributed by atoms with Gasteiger partial charge in [0.1, 0.15) is 6.10 Å². The summed E-state index contributed by atoms with van der Waals surface area (Å²) in [5, 5.41) is 0. The van der Waals surface area contributed by atoms with E-state index in [9.17, 15) is 4.79 Å². The minimum Gasteiger partial charge on any atom is -0.348 e. The highest BCUT2D eigenvalue weighted by molar-refractivity contribution is 5.81. The van der Waals surface area contributed by atoms with Crippen LogP contribution in [0.3, 0.4) is 0 Å². The molecule has 1 aromatic carbocycles. The summed E-state index contributed by atoms with van der Waals surface area (Å²) in [5.74, 6) is -0.0516. The minimum atomic E-state index is -0.555. The molecule has 2 atom stereocenters. The quantitative estimate of drug-likeness (QED) is 0.856. The molecule has 22 heavy (non-hydrogen) atoms. The Bertz CT molecular complexity index is 787. The molecule has 1 fully saturated rings. The summed E-state index contributed by atoms with van der Waals surface area (Å²) >= 11 is 0. The third-order valence-corrected chi connectivity index (χ3v) is 4.84. The Morgan fingerprint density at radius 2 is 2.18 bits per heavy atom. The molecule has 2 aliphatic heterocycles. The Labute approximate surface area is 129 Å². The molecular weight excluding hydrogens is 280 g/mol. The maximum absolute atomic E-state index is 12.8. The van der Waals surface area contributed by atoms with E-state index in [1.54, 1.807) is 0 Å². The lowest BCUT2D eigenvalue weighted by Crippen LogP contribution is -2.31. The fraction of sp³-hybridized carbons (Fsp3) is 0.588. The lowest BCUT2D eigenvalue weighted by molar-refractivity contribution is -0.139. The van der Waals surface area contributed by atoms with Gasteiger partial charge in [-0.25, -0.2) is 4.79 Å². The van der Waals surface area contributed by atoms with Crippen molar-refractivity contribution >= 4 is 11.0 Å². The normalized spacial score (nSPS) is 26.7. The monoisotopic (exact) mass is 302 g/mol. The Hall–Kier alpha value is -1.59. The fourth-order valence-electron chi connectivity index (χ4n) is 3.72. The number of ether oxygens (including phenoxy) is 2. The predicted octanol–water partition coefficient (Wildman–Crippen LogP) is 2.46. The number of aryl methyl sites for hydroxylation is 1. The van der Waals surface area contributed by atoms with Crippen LogP contribution in [0.15, 0.2) is 23.0 Å². The molecule has 4 rings (SSSR count). The number of nitrogens with zero attached hydrogens (tertiary/aromatic N) is 2. The number of hydrogen-bond acceptors (Lipinski definition) is 3. The molecular formula is C17H22N2O3. The molecule has 0 amide bonds. The summed E-state index contributed by atoms with van der Waals surface area (Å²) in [6, 6.07) is 6.23. The molecule has 3 heterocycles. The first kappa shape index (κ1) is 14.0. The van der Waals surface area contributed by atoms with Gasteiger partial charge in [0.2, 0.25) is 0 Å². The lowest BCUT2D eigenvalue weighted by Gasteiger charge is -2.20. The fourth-order valence-corrected chi connectivity index (χ4v) is 3.72. The van der Waals surface area contributed by atoms with Gasteiger partial charge < -0.3 is 9.47 Å². The molecule has 2 unspecified atom stereocenters. The maximum atomic E-state index is 12.8. The van der Waals surface area contributed by atoms with Crippen molar-refractivity contribution in [1.29, 1.82) is 0 Å². The number of aromatic nitrogens is 2. The minimum absolute atomic E-state index is 0.0719. The summed E-state index contributed by atoms with van der Waals surface area (Å²) in [4.78, 5) is 12.8. The van der Waals surface area contributed by atoms with Crippen LogP contribution in [-0.2, 0) is 22.6 Å². The van der Waals surface area contributed by atoms with E-state index in [0.717, 1.165) is 24.0 Å². The molecule has 0 bridgehead atoms. The topological polar surface area (TPSA) is 45.4 Å². The number of para-hydroxylation sites is 1. The molecule has 118 valence electrons. The summed E-state index contributed by atoms with van der Waals surface area (Å²) in [5.41, 5.74) is 3.47. The van der Waals surface area contributed by atoms with Gasteiger partial charge in [0.15, 0.2) is 5.79 Å². The first-order valence-corrected chi connectivity index (χ1v) is 8.00. The molecule has 0 N–H and O–H groups in total. The molecule has 2 aliphatic rings. The van der Waals surface area contributed by atoms with E-state index in [2.05, 4.69) is 19.1 Å². The Kier molecular flexibility index (Phi) is 3.00. The first-order chi connectivity index (χ1) is 10.5. The van der Waals surface area contributed by atoms with E-state index < -0.39 is 5.79 Å². The summed E-state index contributed by atoms with van der Waals surface area (Å²) in [7, 11) is 0. The van der Waals surface area contributed by atoms with Crippen LogP contribution in [0.1, 0.15) is 38.7 Å². The van der Waals surface area contributed by atoms with Gasteiger partial charge in [0.25, 0.3) is 0 Å². The zero-order chi connectivity index (χ0) is 15.5. The van der Waals surface area contributed by atoms with E-state index in [1.807, 2.05) is 29.0 Å². The van der Waals surface area contributed by atoms with E-state index >= 15 is 0 Å². The zero-order valence-electron chi connectivity index (χ0n) is 13.3. The molecule has 5 heteroatoms. The van der Waals surface area contributed by atoms with Crippen LogP contribution in [0, 0.1) is 0 Å². The summed E-state index contributed by atoms with van der Waals surface area (Å²) < 4.78 is 15.3. The standard InChI is InChI=1S/C17H22N2O3/c1-11-7-8-18-15-13(11)5-4-6-14(15)19(16(18)20)9-12-10-21-17(2,3)22-12/h4-6,11-12H,7-10H2,1-3H3. The van der Waals surface area contributed by atoms with Gasteiger partial charge in [0.05, 0.1) is 24.2 Å². The maximum Gasteiger partial charge on any atom is 0.329 e. The highest BCUT2D eigenvalue weighted by atomic mass is 16.7. The van der Waals surface area contributed by atoms with Crippen molar-refractivity contribution in [3.05, 3.63) is 34.2 Å². The van der Waals surface area contributed by atoms with Gasteiger partial charge in [-0.1, -0.05) is 19.1 Å². The highest BCUT2D eigenvalue weighted by Gasteiger charge is 2.34. The number of hydrogen-bond donors (Lipinski definition) is 0. The van der Waals surface area contributed by atoms with E-state index in [0.29, 0.717) is 19.1 Å². The smallest absolute Gasteiger partial charge is 0.329 e. The number of imidazole rings is 1. The number of benzene rings is 1. The Morgan fingerprint density at radius 3 is 2.91 bits per heavy atom. The zero-order valence-corrected chi connectivity index (χ0v) is 13.3. The van der Waals surface area contributed by atoms with Gasteiger partial charge in [-0.15, -0.1) is 0 Å². The van der Waals surface area contributed by atoms with Crippen molar-refractivity contribution in [2.75, 3.05) is 6.61 Å². The predicted molar refractivity (Wildman–Crippen MR) is 84.1 cm³/mol. The Balaban J connectivity index is 1.80. The van der Waals surface area contributed by atoms with Crippen LogP contribution in [0.5, 0.6) is 0 Å². The van der Waals surface area contributed by atoms with Crippen molar-refractivity contribution < 1.29 is 9.47 Å². The van der Waals surface area contributed by atoms with Gasteiger partial charge in [-0.05, 0) is 37.8 Å². The van der Waals surface area contributed by atoms with E-state index in [4.69, 9.17) is 9.47 Å². The van der Waals surface area contributed by atoms with Crippen LogP contribution >= 0.6 is 0 Å². The van der Waals surface area contributed by atoms with E-state index in [1.165, 1.54) is 5.56 Å². The van der Waals surface area contributed by atoms with Crippen LogP contribution in [0.4, 0.5) is 0 Å². The average molecular weight is 302 g/mol. The molecule has 0 aliphatic carbocycles. The largest absolute Gasteiger partial charge is 0.348 e. The second-order valence-corrected chi connectivity index (χ2v) is 6.90. The van der Waals surface area contributed by atoms with Crippen molar-refractivity contribution in [3.63, 3.8) is 0 Å². The van der Waals surface area contributed by atoms with Crippen LogP contribution < -0.4 is 5.69 Å². The van der Waals surface area contributed by atoms with Crippen molar-refractivity contribution in [1.82, 2.24) is 9.13 Å². The second-order valence-electron chi connectivity index (χ2n) is 6.90. The molecule has 0 spiro atoms. The summed E-state index contributed by atoms with van der Waals surface area (Å²) in [6.45, 7) is 7.93. The first-order valence-electron chi connectivity index (χ1n) is 8.00. The molecule has 1 saturated heterocycles. The highest BCUT2D eigenvalue weighted by Crippen LogP contribution is 2.32. The van der Waals surface area contributed by atoms with Crippen LogP contribution in [-0.4, -0.2) is 27.6 Å². The van der Waals surface area contributed by atoms with E-state index in [-0.39, 0.29) is 11.8 Å². The number of rotatable bonds is 2. The van der Waals surface area contributed by atoms with Crippen molar-refractivity contribution in [2.45, 2.75) is 58.1 Å². The van der Waals surface area contributed by atoms with Gasteiger partial charge in [-0.3, -0.25) is 9.13 Å². The molecule has 0 saturated carbocycles. The molecule has 1 aromatic heterocycles. The second kappa shape index (κ2) is 4.70. The molecule has 5 nitrogen and oxygen atoms in total. The lowest BCUT2D eigenvalue weighted by atomic mass is 9.94. The third-order valence-electron chi connectivity index (χ3n) is 4.84. The van der Waals surface area contributed by atoms with Crippen LogP contribution in [0.2, 0.25) is 0 Å². The van der Waals surface area contributed by atoms with Crippen LogP contribution in [0.25, 0.3) is 11.0 Å². The molecule has 0 radical (unpaired) electrons.